The third-order valence-corrected chi connectivity index (χ3v) is 9.32. The molecule has 0 aliphatic heterocycles. The van der Waals surface area contributed by atoms with Crippen LogP contribution in [0.25, 0.3) is 15.9 Å². The van der Waals surface area contributed by atoms with E-state index in [0.29, 0.717) is 16.2 Å². The second-order valence-corrected chi connectivity index (χ2v) is 12.3. The molecule has 5 aromatic rings. The highest BCUT2D eigenvalue weighted by Crippen LogP contribution is 2.34. The first-order valence-electron chi connectivity index (χ1n) is 15.0. The molecule has 1 atom stereocenters. The maximum atomic E-state index is 14.6. The minimum Gasteiger partial charge on any atom is -0.497 e. The molecule has 3 aromatic carbocycles. The van der Waals surface area contributed by atoms with E-state index >= 15 is 0 Å². The SMILES string of the molecule is COc1ccc(C(C(=O)NC2CCCCC2)N(Cc2ccc(F)cc2)C(=O)c2cc3c(C)nn(-c4ccccc4)c3s2)cc1. The van der Waals surface area contributed by atoms with Crippen LogP contribution >= 0.6 is 11.3 Å². The summed E-state index contributed by atoms with van der Waals surface area (Å²) < 4.78 is 21.1. The lowest BCUT2D eigenvalue weighted by atomic mass is 9.94. The predicted octanol–water partition coefficient (Wildman–Crippen LogP) is 7.38. The summed E-state index contributed by atoms with van der Waals surface area (Å²) in [6.45, 7) is 2.04. The van der Waals surface area contributed by atoms with Crippen LogP contribution in [-0.2, 0) is 11.3 Å². The first-order valence-corrected chi connectivity index (χ1v) is 15.8. The van der Waals surface area contributed by atoms with Crippen LogP contribution < -0.4 is 10.1 Å². The van der Waals surface area contributed by atoms with E-state index in [2.05, 4.69) is 5.32 Å². The summed E-state index contributed by atoms with van der Waals surface area (Å²) >= 11 is 1.35. The van der Waals surface area contributed by atoms with Crippen molar-refractivity contribution in [3.05, 3.63) is 112 Å². The van der Waals surface area contributed by atoms with Crippen LogP contribution in [0.2, 0.25) is 0 Å². The van der Waals surface area contributed by atoms with Gasteiger partial charge in [0.1, 0.15) is 22.4 Å². The number of fused-ring (bicyclic) bond motifs is 1. The van der Waals surface area contributed by atoms with Crippen molar-refractivity contribution in [2.24, 2.45) is 0 Å². The van der Waals surface area contributed by atoms with Gasteiger partial charge in [-0.1, -0.05) is 61.7 Å². The maximum Gasteiger partial charge on any atom is 0.265 e. The highest BCUT2D eigenvalue weighted by molar-refractivity contribution is 7.20. The number of amides is 2. The zero-order valence-electron chi connectivity index (χ0n) is 24.8. The Morgan fingerprint density at radius 1 is 1.02 bits per heavy atom. The number of ether oxygens (including phenoxy) is 1. The Balaban J connectivity index is 1.43. The number of thiophene rings is 1. The Morgan fingerprint density at radius 3 is 2.41 bits per heavy atom. The molecule has 1 unspecified atom stereocenters. The number of hydrogen-bond acceptors (Lipinski definition) is 5. The van der Waals surface area contributed by atoms with Gasteiger partial charge in [0.2, 0.25) is 5.91 Å². The molecule has 1 aliphatic carbocycles. The number of carbonyl (C=O) groups excluding carboxylic acids is 2. The highest BCUT2D eigenvalue weighted by Gasteiger charge is 2.35. The number of para-hydroxylation sites is 1. The topological polar surface area (TPSA) is 76.5 Å². The second kappa shape index (κ2) is 13.0. The lowest BCUT2D eigenvalue weighted by Crippen LogP contribution is -2.46. The quantitative estimate of drug-likeness (QED) is 0.189. The number of benzene rings is 3. The molecular formula is C35H35FN4O3S. The molecule has 7 nitrogen and oxygen atoms in total. The van der Waals surface area contributed by atoms with Gasteiger partial charge in [-0.05, 0) is 73.4 Å². The van der Waals surface area contributed by atoms with Crippen LogP contribution in [0.4, 0.5) is 4.39 Å². The number of nitrogens with one attached hydrogen (secondary N) is 1. The monoisotopic (exact) mass is 610 g/mol. The second-order valence-electron chi connectivity index (χ2n) is 11.2. The van der Waals surface area contributed by atoms with Crippen molar-refractivity contribution >= 4 is 33.4 Å². The fourth-order valence-corrected chi connectivity index (χ4v) is 7.03. The third-order valence-electron chi connectivity index (χ3n) is 8.23. The van der Waals surface area contributed by atoms with Gasteiger partial charge >= 0.3 is 0 Å². The molecule has 0 saturated heterocycles. The van der Waals surface area contributed by atoms with E-state index < -0.39 is 6.04 Å². The first kappa shape index (κ1) is 29.6. The van der Waals surface area contributed by atoms with Crippen LogP contribution in [0, 0.1) is 12.7 Å². The van der Waals surface area contributed by atoms with E-state index in [0.717, 1.165) is 59.3 Å². The van der Waals surface area contributed by atoms with Crippen LogP contribution in [0.5, 0.6) is 5.75 Å². The summed E-state index contributed by atoms with van der Waals surface area (Å²) in [7, 11) is 1.59. The summed E-state index contributed by atoms with van der Waals surface area (Å²) in [5.74, 6) is -0.222. The molecule has 1 fully saturated rings. The molecule has 0 radical (unpaired) electrons. The van der Waals surface area contributed by atoms with Crippen LogP contribution in [0.1, 0.15) is 64.6 Å². The average Bonchev–Trinajstić information content (AvgIpc) is 3.63. The minimum atomic E-state index is -0.919. The molecule has 226 valence electrons. The number of aryl methyl sites for hydroxylation is 1. The van der Waals surface area contributed by atoms with Crippen molar-refractivity contribution in [2.75, 3.05) is 7.11 Å². The van der Waals surface area contributed by atoms with Gasteiger partial charge in [0.15, 0.2) is 0 Å². The minimum absolute atomic E-state index is 0.0589. The van der Waals surface area contributed by atoms with Crippen molar-refractivity contribution in [3.8, 4) is 11.4 Å². The highest BCUT2D eigenvalue weighted by atomic mass is 32.1. The summed E-state index contributed by atoms with van der Waals surface area (Å²) in [6, 6.07) is 24.1. The van der Waals surface area contributed by atoms with Gasteiger partial charge < -0.3 is 15.0 Å². The Labute approximate surface area is 260 Å². The first-order chi connectivity index (χ1) is 21.4. The van der Waals surface area contributed by atoms with Gasteiger partial charge in [0.25, 0.3) is 5.91 Å². The summed E-state index contributed by atoms with van der Waals surface area (Å²) in [5, 5.41) is 8.86. The molecule has 1 aliphatic rings. The fraction of sp³-hybridized carbons (Fsp3) is 0.286. The molecule has 2 heterocycles. The smallest absolute Gasteiger partial charge is 0.265 e. The van der Waals surface area contributed by atoms with Gasteiger partial charge in [0.05, 0.1) is 23.4 Å². The maximum absolute atomic E-state index is 14.6. The molecule has 1 N–H and O–H groups in total. The van der Waals surface area contributed by atoms with Crippen molar-refractivity contribution < 1.29 is 18.7 Å². The summed E-state index contributed by atoms with van der Waals surface area (Å²) in [5.41, 5.74) is 3.10. The number of rotatable bonds is 9. The van der Waals surface area contributed by atoms with Crippen LogP contribution in [-0.4, -0.2) is 39.6 Å². The van der Waals surface area contributed by atoms with Crippen molar-refractivity contribution in [3.63, 3.8) is 0 Å². The zero-order chi connectivity index (χ0) is 30.6. The standard InChI is InChI=1S/C35H35FN4O3S/c1-23-30-21-31(44-35(30)40(38-23)28-11-7-4-8-12-28)34(42)39(22-24-13-17-26(36)18-14-24)32(25-15-19-29(43-2)20-16-25)33(41)37-27-9-5-3-6-10-27/h4,7-8,11-21,27,32H,3,5-6,9-10,22H2,1-2H3,(H,37,41). The van der Waals surface area contributed by atoms with E-state index in [1.165, 1.54) is 23.5 Å². The van der Waals surface area contributed by atoms with Crippen molar-refractivity contribution in [1.29, 1.82) is 0 Å². The lowest BCUT2D eigenvalue weighted by molar-refractivity contribution is -0.127. The number of halogens is 1. The number of hydrogen-bond donors (Lipinski definition) is 1. The summed E-state index contributed by atoms with van der Waals surface area (Å²) in [6.07, 6.45) is 5.12. The summed E-state index contributed by atoms with van der Waals surface area (Å²) in [4.78, 5) is 31.8. The predicted molar refractivity (Wildman–Crippen MR) is 171 cm³/mol. The number of carbonyl (C=O) groups is 2. The van der Waals surface area contributed by atoms with E-state index in [1.807, 2.05) is 60.1 Å². The van der Waals surface area contributed by atoms with Crippen molar-refractivity contribution in [1.82, 2.24) is 20.0 Å². The lowest BCUT2D eigenvalue weighted by Gasteiger charge is -2.33. The number of methoxy groups -OCH3 is 1. The molecule has 2 amide bonds. The Bertz CT molecular complexity index is 1740. The third kappa shape index (κ3) is 6.24. The Kier molecular flexibility index (Phi) is 8.74. The number of nitrogens with zero attached hydrogens (tertiary/aromatic N) is 3. The van der Waals surface area contributed by atoms with Crippen molar-refractivity contribution in [2.45, 2.75) is 57.7 Å². The molecule has 44 heavy (non-hydrogen) atoms. The molecule has 0 spiro atoms. The Morgan fingerprint density at radius 2 is 1.73 bits per heavy atom. The van der Waals surface area contributed by atoms with Crippen LogP contribution in [0.3, 0.4) is 0 Å². The Hall–Kier alpha value is -4.50. The van der Waals surface area contributed by atoms with E-state index in [1.54, 1.807) is 36.3 Å². The zero-order valence-corrected chi connectivity index (χ0v) is 25.6. The average molecular weight is 611 g/mol. The number of aromatic nitrogens is 2. The molecule has 2 aromatic heterocycles. The largest absolute Gasteiger partial charge is 0.497 e. The van der Waals surface area contributed by atoms with Gasteiger partial charge in [0, 0.05) is 18.0 Å². The molecule has 9 heteroatoms. The van der Waals surface area contributed by atoms with E-state index in [4.69, 9.17) is 9.84 Å². The molecular weight excluding hydrogens is 575 g/mol. The fourth-order valence-electron chi connectivity index (χ4n) is 5.89. The molecule has 1 saturated carbocycles. The van der Waals surface area contributed by atoms with Gasteiger partial charge in [-0.25, -0.2) is 9.07 Å². The molecule has 6 rings (SSSR count). The van der Waals surface area contributed by atoms with E-state index in [-0.39, 0.29) is 30.2 Å². The van der Waals surface area contributed by atoms with Gasteiger partial charge in [-0.2, -0.15) is 5.10 Å². The van der Waals surface area contributed by atoms with Gasteiger partial charge in [-0.3, -0.25) is 9.59 Å². The van der Waals surface area contributed by atoms with E-state index in [9.17, 15) is 14.0 Å². The molecule has 0 bridgehead atoms. The van der Waals surface area contributed by atoms with Gasteiger partial charge in [-0.15, -0.1) is 11.3 Å². The van der Waals surface area contributed by atoms with Crippen LogP contribution in [0.15, 0.2) is 84.9 Å². The normalized spacial score (nSPS) is 14.3.